The number of sulfonamides is 1. The van der Waals surface area contributed by atoms with Crippen molar-refractivity contribution in [3.8, 4) is 10.6 Å². The molecule has 2 amide bonds. The van der Waals surface area contributed by atoms with Crippen molar-refractivity contribution in [1.82, 2.24) is 23.8 Å². The van der Waals surface area contributed by atoms with Gasteiger partial charge in [-0.2, -0.15) is 0 Å². The zero-order valence-corrected chi connectivity index (χ0v) is 25.8. The molecule has 228 valence electrons. The molecule has 12 nitrogen and oxygen atoms in total. The molecule has 1 fully saturated rings. The number of carbonyl (C=O) groups is 2. The van der Waals surface area contributed by atoms with E-state index in [1.165, 1.54) is 28.3 Å². The summed E-state index contributed by atoms with van der Waals surface area (Å²) in [5.41, 5.74) is 3.15. The number of fused-ring (bicyclic) bond motifs is 1. The number of aryl methyl sites for hydroxylation is 2. The number of nitrogens with zero attached hydrogens (tertiary/aromatic N) is 6. The predicted molar refractivity (Wildman–Crippen MR) is 168 cm³/mol. The lowest BCUT2D eigenvalue weighted by Crippen LogP contribution is -2.43. The number of amides is 2. The Balaban J connectivity index is 1.25. The lowest BCUT2D eigenvalue weighted by atomic mass is 9.96. The van der Waals surface area contributed by atoms with Gasteiger partial charge in [-0.3, -0.25) is 19.9 Å². The molecule has 0 saturated carbocycles. The maximum absolute atomic E-state index is 13.4. The van der Waals surface area contributed by atoms with Crippen LogP contribution in [0.4, 0.5) is 11.6 Å². The fourth-order valence-electron chi connectivity index (χ4n) is 5.36. The Hall–Kier alpha value is -4.40. The van der Waals surface area contributed by atoms with E-state index in [2.05, 4.69) is 15.3 Å². The van der Waals surface area contributed by atoms with Crippen LogP contribution in [0.15, 0.2) is 71.9 Å². The second-order valence-electron chi connectivity index (χ2n) is 10.7. The Morgan fingerprint density at radius 2 is 1.93 bits per heavy atom. The number of pyridine rings is 1. The molecule has 0 unspecified atom stereocenters. The van der Waals surface area contributed by atoms with Crippen LogP contribution in [-0.4, -0.2) is 70.4 Å². The first-order valence-electron chi connectivity index (χ1n) is 14.1. The average molecular weight is 634 g/mol. The molecular formula is C30H31N7O5S2. The zero-order chi connectivity index (χ0) is 30.8. The number of benzene rings is 1. The van der Waals surface area contributed by atoms with Crippen molar-refractivity contribution in [2.45, 2.75) is 25.8 Å². The SMILES string of the molecule is CN(C(=O)C1CCN(S(C)(=O)=O)CC1)c1ccc2c(c1)nc(NC(=O)c1ccc(-c3cnco3)s1)n2CCc1cccnc1. The van der Waals surface area contributed by atoms with Crippen molar-refractivity contribution < 1.29 is 22.4 Å². The molecule has 4 aromatic heterocycles. The predicted octanol–water partition coefficient (Wildman–Crippen LogP) is 4.28. The molecule has 5 heterocycles. The first-order chi connectivity index (χ1) is 21.2. The van der Waals surface area contributed by atoms with Gasteiger partial charge in [-0.15, -0.1) is 11.3 Å². The number of imidazole rings is 1. The van der Waals surface area contributed by atoms with E-state index in [1.807, 2.05) is 47.2 Å². The van der Waals surface area contributed by atoms with Crippen LogP contribution in [0.2, 0.25) is 0 Å². The summed E-state index contributed by atoms with van der Waals surface area (Å²) in [6.07, 6.45) is 9.29. The van der Waals surface area contributed by atoms with Gasteiger partial charge in [-0.05, 0) is 61.2 Å². The highest BCUT2D eigenvalue weighted by Gasteiger charge is 2.31. The van der Waals surface area contributed by atoms with Crippen molar-refractivity contribution in [3.63, 3.8) is 0 Å². The highest BCUT2D eigenvalue weighted by molar-refractivity contribution is 7.88. The van der Waals surface area contributed by atoms with Gasteiger partial charge >= 0.3 is 0 Å². The molecule has 0 bridgehead atoms. The number of oxazole rings is 1. The summed E-state index contributed by atoms with van der Waals surface area (Å²) in [4.78, 5) is 42.5. The van der Waals surface area contributed by atoms with E-state index < -0.39 is 10.0 Å². The van der Waals surface area contributed by atoms with Gasteiger partial charge in [0, 0.05) is 50.7 Å². The van der Waals surface area contributed by atoms with Gasteiger partial charge in [0.25, 0.3) is 5.91 Å². The van der Waals surface area contributed by atoms with Gasteiger partial charge in [-0.1, -0.05) is 6.07 Å². The highest BCUT2D eigenvalue weighted by Crippen LogP contribution is 2.30. The van der Waals surface area contributed by atoms with E-state index in [0.717, 1.165) is 16.0 Å². The second-order valence-corrected chi connectivity index (χ2v) is 13.8. The Bertz CT molecular complexity index is 1890. The summed E-state index contributed by atoms with van der Waals surface area (Å²) < 4.78 is 32.5. The molecule has 1 saturated heterocycles. The standard InChI is InChI=1S/C30H31N7O5S2/c1-35(29(39)21-10-13-36(14-11-21)44(2,40)41)22-5-6-24-23(16-22)33-30(37(24)15-9-20-4-3-12-31-17-20)34-28(38)27-8-7-26(43-27)25-18-32-19-42-25/h3-8,12,16-19,21H,9-11,13-15H2,1-2H3,(H,33,34,38). The fourth-order valence-corrected chi connectivity index (χ4v) is 7.09. The van der Waals surface area contributed by atoms with Crippen LogP contribution in [0.1, 0.15) is 28.1 Å². The van der Waals surface area contributed by atoms with Crippen LogP contribution in [-0.2, 0) is 27.8 Å². The number of hydrogen-bond acceptors (Lipinski definition) is 9. The van der Waals surface area contributed by atoms with Crippen LogP contribution in [0.5, 0.6) is 0 Å². The molecule has 0 spiro atoms. The number of carbonyl (C=O) groups excluding carboxylic acids is 2. The van der Waals surface area contributed by atoms with Gasteiger partial charge < -0.3 is 13.9 Å². The van der Waals surface area contributed by atoms with Crippen molar-refractivity contribution in [1.29, 1.82) is 0 Å². The third kappa shape index (κ3) is 6.27. The van der Waals surface area contributed by atoms with Crippen molar-refractivity contribution in [2.24, 2.45) is 5.92 Å². The minimum atomic E-state index is -3.27. The summed E-state index contributed by atoms with van der Waals surface area (Å²) >= 11 is 1.29. The van der Waals surface area contributed by atoms with Crippen LogP contribution < -0.4 is 10.2 Å². The van der Waals surface area contributed by atoms with Crippen molar-refractivity contribution >= 4 is 55.8 Å². The summed E-state index contributed by atoms with van der Waals surface area (Å²) in [5, 5.41) is 2.98. The molecule has 1 aliphatic rings. The maximum atomic E-state index is 13.4. The van der Waals surface area contributed by atoms with Crippen LogP contribution in [0.3, 0.4) is 0 Å². The normalized spacial score (nSPS) is 14.6. The Morgan fingerprint density at radius 1 is 1.11 bits per heavy atom. The van der Waals surface area contributed by atoms with Gasteiger partial charge in [0.05, 0.1) is 33.2 Å². The summed E-state index contributed by atoms with van der Waals surface area (Å²) in [6.45, 7) is 1.20. The molecular weight excluding hydrogens is 603 g/mol. The minimum absolute atomic E-state index is 0.0673. The summed E-state index contributed by atoms with van der Waals surface area (Å²) in [7, 11) is -1.55. The number of nitrogens with one attached hydrogen (secondary N) is 1. The second kappa shape index (κ2) is 12.3. The van der Waals surface area contributed by atoms with E-state index in [9.17, 15) is 18.0 Å². The first-order valence-corrected chi connectivity index (χ1v) is 16.8. The number of aromatic nitrogens is 4. The molecule has 5 aromatic rings. The summed E-state index contributed by atoms with van der Waals surface area (Å²) in [5.74, 6) is 0.342. The van der Waals surface area contributed by atoms with E-state index in [-0.39, 0.29) is 17.7 Å². The lowest BCUT2D eigenvalue weighted by Gasteiger charge is -2.31. The zero-order valence-electron chi connectivity index (χ0n) is 24.2. The molecule has 1 N–H and O–H groups in total. The van der Waals surface area contributed by atoms with Crippen molar-refractivity contribution in [2.75, 3.05) is 36.6 Å². The number of hydrogen-bond donors (Lipinski definition) is 1. The van der Waals surface area contributed by atoms with E-state index in [0.29, 0.717) is 66.7 Å². The van der Waals surface area contributed by atoms with Gasteiger partial charge in [0.2, 0.25) is 21.9 Å². The van der Waals surface area contributed by atoms with Crippen LogP contribution in [0, 0.1) is 5.92 Å². The first kappa shape index (κ1) is 29.7. The molecule has 44 heavy (non-hydrogen) atoms. The molecule has 0 radical (unpaired) electrons. The van der Waals surface area contributed by atoms with E-state index in [4.69, 9.17) is 9.40 Å². The largest absolute Gasteiger partial charge is 0.443 e. The molecule has 0 atom stereocenters. The van der Waals surface area contributed by atoms with Gasteiger partial charge in [0.1, 0.15) is 0 Å². The Morgan fingerprint density at radius 3 is 2.64 bits per heavy atom. The number of anilines is 2. The smallest absolute Gasteiger partial charge is 0.268 e. The third-order valence-corrected chi connectivity index (χ3v) is 10.2. The number of rotatable bonds is 9. The molecule has 1 aliphatic heterocycles. The van der Waals surface area contributed by atoms with Gasteiger partial charge in [-0.25, -0.2) is 22.7 Å². The highest BCUT2D eigenvalue weighted by atomic mass is 32.2. The van der Waals surface area contributed by atoms with Crippen LogP contribution in [0.25, 0.3) is 21.7 Å². The number of piperidine rings is 1. The molecule has 1 aromatic carbocycles. The van der Waals surface area contributed by atoms with Crippen LogP contribution >= 0.6 is 11.3 Å². The monoisotopic (exact) mass is 633 g/mol. The fraction of sp³-hybridized carbons (Fsp3) is 0.300. The topological polar surface area (TPSA) is 144 Å². The number of thiophene rings is 1. The minimum Gasteiger partial charge on any atom is -0.443 e. The van der Waals surface area contributed by atoms with E-state index in [1.54, 1.807) is 30.4 Å². The quantitative estimate of drug-likeness (QED) is 0.253. The molecule has 6 rings (SSSR count). The Kier molecular flexibility index (Phi) is 8.29. The van der Waals surface area contributed by atoms with Crippen molar-refractivity contribution in [3.05, 3.63) is 77.9 Å². The lowest BCUT2D eigenvalue weighted by molar-refractivity contribution is -0.123. The third-order valence-electron chi connectivity index (χ3n) is 7.80. The molecule has 0 aliphatic carbocycles. The van der Waals surface area contributed by atoms with Gasteiger partial charge in [0.15, 0.2) is 12.2 Å². The Labute approximate surface area is 258 Å². The summed E-state index contributed by atoms with van der Waals surface area (Å²) in [6, 6.07) is 13.0. The maximum Gasteiger partial charge on any atom is 0.268 e. The molecule has 14 heteroatoms. The van der Waals surface area contributed by atoms with E-state index >= 15 is 0 Å². The average Bonchev–Trinajstić information content (AvgIpc) is 3.79.